The van der Waals surface area contributed by atoms with Crippen LogP contribution < -0.4 is 10.2 Å². The minimum absolute atomic E-state index is 0. The van der Waals surface area contributed by atoms with Crippen molar-refractivity contribution in [1.29, 1.82) is 0 Å². The van der Waals surface area contributed by atoms with Gasteiger partial charge in [0.15, 0.2) is 6.29 Å². The van der Waals surface area contributed by atoms with E-state index in [9.17, 15) is 19.8 Å². The van der Waals surface area contributed by atoms with Crippen molar-refractivity contribution in [2.24, 2.45) is 16.3 Å². The van der Waals surface area contributed by atoms with Gasteiger partial charge in [0.05, 0.1) is 5.92 Å². The summed E-state index contributed by atoms with van der Waals surface area (Å²) in [5.74, 6) is -1.91. The first-order chi connectivity index (χ1) is 10.7. The van der Waals surface area contributed by atoms with E-state index in [2.05, 4.69) is 4.99 Å². The Bertz CT molecular complexity index is 446. The molecule has 1 fully saturated rings. The van der Waals surface area contributed by atoms with Crippen molar-refractivity contribution in [1.82, 2.24) is 0 Å². The van der Waals surface area contributed by atoms with Gasteiger partial charge in [-0.15, -0.1) is 0 Å². The average molecular weight is 391 g/mol. The van der Waals surface area contributed by atoms with E-state index in [1.54, 1.807) is 13.8 Å². The van der Waals surface area contributed by atoms with E-state index < -0.39 is 29.7 Å². The van der Waals surface area contributed by atoms with Gasteiger partial charge in [-0.1, -0.05) is 33.1 Å². The van der Waals surface area contributed by atoms with Gasteiger partial charge < -0.3 is 24.5 Å². The quantitative estimate of drug-likeness (QED) is 0.204. The monoisotopic (exact) mass is 390 g/mol. The first kappa shape index (κ1) is 22.7. The summed E-state index contributed by atoms with van der Waals surface area (Å²) >= 11 is 0. The fourth-order valence-electron chi connectivity index (χ4n) is 2.73. The van der Waals surface area contributed by atoms with Gasteiger partial charge in [-0.25, -0.2) is 0 Å². The molecule has 0 bridgehead atoms. The van der Waals surface area contributed by atoms with Crippen LogP contribution in [0.15, 0.2) is 4.99 Å². The number of carboxylic acid groups (broad SMARTS) is 1. The maximum atomic E-state index is 11.7. The molecular formula is C16H25CuNO6. The smallest absolute Gasteiger partial charge is 0.564 e. The molecule has 1 unspecified atom stereocenters. The summed E-state index contributed by atoms with van der Waals surface area (Å²) in [4.78, 5) is 26.2. The Morgan fingerprint density at radius 1 is 1.08 bits per heavy atom. The van der Waals surface area contributed by atoms with E-state index >= 15 is 0 Å². The van der Waals surface area contributed by atoms with Gasteiger partial charge in [-0.2, -0.15) is 0 Å². The van der Waals surface area contributed by atoms with Crippen LogP contribution in [0.3, 0.4) is 0 Å². The van der Waals surface area contributed by atoms with Gasteiger partial charge in [0, 0.05) is 12.5 Å². The molecule has 7 nitrogen and oxygen atoms in total. The normalized spacial score (nSPS) is 18.4. The molecule has 1 aliphatic carbocycles. The molecule has 0 heterocycles. The molecule has 141 valence electrons. The maximum absolute atomic E-state index is 11.7. The number of hydrogen-bond acceptors (Lipinski definition) is 7. The standard InChI is InChI=1S/C16H27NO6.Cu/c1-11(2)14(20)22-12(3)23-15(21)17-10-16(9-13(18)19)7-5-4-6-8-16;/h11-12H,4-10H2,1-3H3,(H,17,21)(H,18,19);/q;+2/p-2. The van der Waals surface area contributed by atoms with Crippen molar-refractivity contribution in [3.63, 3.8) is 0 Å². The van der Waals surface area contributed by atoms with E-state index in [1.165, 1.54) is 6.92 Å². The Balaban J connectivity index is 0.00000529. The third-order valence-electron chi connectivity index (χ3n) is 4.00. The zero-order valence-electron chi connectivity index (χ0n) is 14.3. The number of nitrogens with zero attached hydrogens (tertiary/aromatic N) is 1. The number of rotatable bonds is 7. The molecule has 0 amide bonds. The second-order valence-electron chi connectivity index (χ2n) is 6.47. The van der Waals surface area contributed by atoms with Crippen LogP contribution in [0.4, 0.5) is 0 Å². The largest absolute Gasteiger partial charge is 2.00 e. The van der Waals surface area contributed by atoms with E-state index in [4.69, 9.17) is 9.47 Å². The van der Waals surface area contributed by atoms with Gasteiger partial charge in [-0.3, -0.25) is 9.79 Å². The molecule has 1 radical (unpaired) electrons. The molecule has 0 saturated heterocycles. The van der Waals surface area contributed by atoms with Crippen molar-refractivity contribution in [2.45, 2.75) is 65.6 Å². The molecule has 0 aromatic rings. The third kappa shape index (κ3) is 8.01. The Labute approximate surface area is 153 Å². The van der Waals surface area contributed by atoms with Crippen LogP contribution >= 0.6 is 0 Å². The number of carbonyl (C=O) groups excluding carboxylic acids is 2. The Morgan fingerprint density at radius 3 is 2.17 bits per heavy atom. The van der Waals surface area contributed by atoms with Gasteiger partial charge in [0.1, 0.15) is 6.08 Å². The molecule has 0 aliphatic heterocycles. The summed E-state index contributed by atoms with van der Waals surface area (Å²) in [5.41, 5.74) is -0.534. The van der Waals surface area contributed by atoms with Crippen molar-refractivity contribution >= 4 is 18.0 Å². The fraction of sp³-hybridized carbons (Fsp3) is 0.812. The first-order valence-electron chi connectivity index (χ1n) is 8.02. The number of carbonyl (C=O) groups is 2. The number of ether oxygens (including phenoxy) is 2. The molecule has 1 rings (SSSR count). The van der Waals surface area contributed by atoms with Crippen LogP contribution in [0.5, 0.6) is 0 Å². The molecule has 0 spiro atoms. The second-order valence-corrected chi connectivity index (χ2v) is 6.47. The summed E-state index contributed by atoms with van der Waals surface area (Å²) in [6.45, 7) is 4.87. The fourth-order valence-corrected chi connectivity index (χ4v) is 2.73. The van der Waals surface area contributed by atoms with Crippen molar-refractivity contribution in [3.8, 4) is 0 Å². The van der Waals surface area contributed by atoms with Crippen LogP contribution in [0.1, 0.15) is 59.3 Å². The van der Waals surface area contributed by atoms with Gasteiger partial charge >= 0.3 is 23.0 Å². The summed E-state index contributed by atoms with van der Waals surface area (Å²) in [6, 6.07) is 0. The summed E-state index contributed by atoms with van der Waals surface area (Å²) in [5, 5.41) is 22.7. The van der Waals surface area contributed by atoms with E-state index in [0.717, 1.165) is 19.3 Å². The van der Waals surface area contributed by atoms with Crippen LogP contribution in [-0.4, -0.2) is 30.9 Å². The molecule has 0 N–H and O–H groups in total. The Morgan fingerprint density at radius 2 is 1.67 bits per heavy atom. The van der Waals surface area contributed by atoms with Gasteiger partial charge in [0.2, 0.25) is 0 Å². The molecular weight excluding hydrogens is 366 g/mol. The van der Waals surface area contributed by atoms with Gasteiger partial charge in [-0.05, 0) is 31.6 Å². The van der Waals surface area contributed by atoms with E-state index in [-0.39, 0.29) is 36.0 Å². The molecule has 8 heteroatoms. The summed E-state index contributed by atoms with van der Waals surface area (Å²) in [7, 11) is 0. The van der Waals surface area contributed by atoms with Gasteiger partial charge in [0.25, 0.3) is 0 Å². The Hall–Kier alpha value is -1.27. The predicted octanol–water partition coefficient (Wildman–Crippen LogP) is 0.353. The molecule has 0 aromatic heterocycles. The minimum atomic E-state index is -1.13. The first-order valence-corrected chi connectivity index (χ1v) is 8.02. The molecule has 1 saturated carbocycles. The van der Waals surface area contributed by atoms with Crippen LogP contribution in [0.25, 0.3) is 0 Å². The molecule has 0 aromatic carbocycles. The maximum Gasteiger partial charge on any atom is 2.00 e. The molecule has 1 atom stereocenters. The zero-order chi connectivity index (χ0) is 17.5. The SMILES string of the molecule is CC(OC(=O)C(C)C)OC([O-])=NCC1(CC(=O)[O-])CCCCC1.[Cu+2]. The van der Waals surface area contributed by atoms with Crippen LogP contribution in [0.2, 0.25) is 0 Å². The number of esters is 1. The second kappa shape index (κ2) is 10.6. The number of carboxylic acids is 1. The number of aliphatic imine (C=N–C) groups is 1. The van der Waals surface area contributed by atoms with Crippen molar-refractivity contribution in [3.05, 3.63) is 0 Å². The van der Waals surface area contributed by atoms with E-state index in [0.29, 0.717) is 12.8 Å². The number of aliphatic carboxylic acids is 1. The van der Waals surface area contributed by atoms with Crippen molar-refractivity contribution in [2.75, 3.05) is 6.54 Å². The Kier molecular flexibility index (Phi) is 10.0. The summed E-state index contributed by atoms with van der Waals surface area (Å²) in [6.07, 6.45) is 2.32. The van der Waals surface area contributed by atoms with Crippen molar-refractivity contribution < 1.29 is 46.3 Å². The molecule has 1 aliphatic rings. The minimum Gasteiger partial charge on any atom is -0.564 e. The van der Waals surface area contributed by atoms with Crippen LogP contribution in [0, 0.1) is 11.3 Å². The molecule has 24 heavy (non-hydrogen) atoms. The van der Waals surface area contributed by atoms with E-state index in [1.807, 2.05) is 0 Å². The van der Waals surface area contributed by atoms with Crippen LogP contribution in [-0.2, 0) is 36.1 Å². The number of hydrogen-bond donors (Lipinski definition) is 0. The average Bonchev–Trinajstić information content (AvgIpc) is 2.45. The zero-order valence-corrected chi connectivity index (χ0v) is 15.2. The topological polar surface area (TPSA) is 111 Å². The predicted molar refractivity (Wildman–Crippen MR) is 78.9 cm³/mol. The summed E-state index contributed by atoms with van der Waals surface area (Å²) < 4.78 is 9.82. The third-order valence-corrected chi connectivity index (χ3v) is 4.00.